The smallest absolute Gasteiger partial charge is 0.465 e. The van der Waals surface area contributed by atoms with Gasteiger partial charge in [0.15, 0.2) is 17.6 Å². The predicted molar refractivity (Wildman–Crippen MR) is 86.7 cm³/mol. The van der Waals surface area contributed by atoms with E-state index in [0.29, 0.717) is 0 Å². The van der Waals surface area contributed by atoms with E-state index >= 15 is 0 Å². The number of hydrogen-bond donors (Lipinski definition) is 3. The Balaban J connectivity index is 2.48. The monoisotopic (exact) mass is 388 g/mol. The summed E-state index contributed by atoms with van der Waals surface area (Å²) < 4.78 is 33.0. The Morgan fingerprint density at radius 2 is 2.19 bits per heavy atom. The summed E-state index contributed by atoms with van der Waals surface area (Å²) in [6, 6.07) is 1.11. The molecule has 11 nitrogen and oxygen atoms in total. The number of phosphoric ester groups is 1. The lowest BCUT2D eigenvalue weighted by atomic mass is 10.2. The van der Waals surface area contributed by atoms with Crippen LogP contribution in [0.5, 0.6) is 0 Å². The van der Waals surface area contributed by atoms with Crippen molar-refractivity contribution in [3.8, 4) is 0 Å². The first-order chi connectivity index (χ1) is 12.2. The van der Waals surface area contributed by atoms with Gasteiger partial charge in [-0.1, -0.05) is 12.3 Å². The molecule has 0 bridgehead atoms. The molecule has 2 heterocycles. The SMILES string of the molecule is C=C=COC1=C([C@H](C)OP(=O)(O)O)O[C@@H](n2ccc(=O)[nH]c2=O)C1OC. The number of methoxy groups -OCH3 is 1. The molecule has 142 valence electrons. The van der Waals surface area contributed by atoms with Gasteiger partial charge in [-0.3, -0.25) is 18.9 Å². The maximum Gasteiger partial charge on any atom is 0.470 e. The van der Waals surface area contributed by atoms with E-state index in [2.05, 4.69) is 21.8 Å². The number of H-pyrrole nitrogens is 1. The number of aromatic nitrogens is 2. The van der Waals surface area contributed by atoms with Crippen LogP contribution in [0.3, 0.4) is 0 Å². The molecule has 3 atom stereocenters. The molecular weight excluding hydrogens is 371 g/mol. The summed E-state index contributed by atoms with van der Waals surface area (Å²) >= 11 is 0. The third kappa shape index (κ3) is 4.41. The van der Waals surface area contributed by atoms with Gasteiger partial charge in [0.1, 0.15) is 12.4 Å². The summed E-state index contributed by atoms with van der Waals surface area (Å²) in [6.07, 6.45) is -1.06. The normalized spacial score (nSPS) is 21.1. The lowest BCUT2D eigenvalue weighted by Crippen LogP contribution is -2.36. The second kappa shape index (κ2) is 7.88. The molecule has 1 aromatic heterocycles. The lowest BCUT2D eigenvalue weighted by Gasteiger charge is -2.21. The molecule has 0 fully saturated rings. The molecule has 26 heavy (non-hydrogen) atoms. The van der Waals surface area contributed by atoms with E-state index in [9.17, 15) is 14.2 Å². The minimum absolute atomic E-state index is 0.00713. The minimum atomic E-state index is -4.83. The van der Waals surface area contributed by atoms with Gasteiger partial charge in [-0.25, -0.2) is 9.36 Å². The van der Waals surface area contributed by atoms with Crippen LogP contribution in [0, 0.1) is 0 Å². The van der Waals surface area contributed by atoms with Crippen LogP contribution in [0.2, 0.25) is 0 Å². The van der Waals surface area contributed by atoms with Gasteiger partial charge in [0.2, 0.25) is 6.23 Å². The zero-order chi connectivity index (χ0) is 19.5. The van der Waals surface area contributed by atoms with Crippen molar-refractivity contribution < 1.29 is 33.1 Å². The number of hydrogen-bond acceptors (Lipinski definition) is 7. The van der Waals surface area contributed by atoms with Crippen molar-refractivity contribution in [3.05, 3.63) is 63.2 Å². The van der Waals surface area contributed by atoms with Gasteiger partial charge in [0.25, 0.3) is 5.56 Å². The molecule has 0 aliphatic carbocycles. The van der Waals surface area contributed by atoms with Gasteiger partial charge in [-0.05, 0) is 6.92 Å². The number of ether oxygens (including phenoxy) is 3. The van der Waals surface area contributed by atoms with Crippen LogP contribution >= 0.6 is 7.82 Å². The summed E-state index contributed by atoms with van der Waals surface area (Å²) in [5.41, 5.74) is 0.996. The van der Waals surface area contributed by atoms with Crippen LogP contribution in [0.4, 0.5) is 0 Å². The van der Waals surface area contributed by atoms with Crippen LogP contribution in [0.15, 0.2) is 51.9 Å². The number of rotatable bonds is 7. The third-order valence-corrected chi connectivity index (χ3v) is 3.91. The fourth-order valence-electron chi connectivity index (χ4n) is 2.35. The number of phosphoric acid groups is 1. The van der Waals surface area contributed by atoms with E-state index in [1.165, 1.54) is 20.2 Å². The average molecular weight is 388 g/mol. The van der Waals surface area contributed by atoms with Crippen LogP contribution < -0.4 is 11.2 Å². The van der Waals surface area contributed by atoms with Crippen LogP contribution in [0.1, 0.15) is 13.2 Å². The summed E-state index contributed by atoms with van der Waals surface area (Å²) in [5.74, 6) is -0.0949. The first-order valence-corrected chi connectivity index (χ1v) is 8.71. The third-order valence-electron chi connectivity index (χ3n) is 3.32. The molecular formula is C14H17N2O9P. The Bertz CT molecular complexity index is 905. The van der Waals surface area contributed by atoms with Crippen molar-refractivity contribution in [1.29, 1.82) is 0 Å². The lowest BCUT2D eigenvalue weighted by molar-refractivity contribution is -0.0428. The number of nitrogens with one attached hydrogen (secondary N) is 1. The van der Waals surface area contributed by atoms with Crippen molar-refractivity contribution in [2.24, 2.45) is 0 Å². The predicted octanol–water partition coefficient (Wildman–Crippen LogP) is 0.105. The molecule has 0 radical (unpaired) electrons. The van der Waals surface area contributed by atoms with Gasteiger partial charge in [0.05, 0.1) is 0 Å². The minimum Gasteiger partial charge on any atom is -0.465 e. The van der Waals surface area contributed by atoms with E-state index in [1.54, 1.807) is 0 Å². The second-order valence-electron chi connectivity index (χ2n) is 5.09. The molecule has 1 aliphatic heterocycles. The van der Waals surface area contributed by atoms with Crippen molar-refractivity contribution >= 4 is 7.82 Å². The first kappa shape index (κ1) is 19.9. The Morgan fingerprint density at radius 3 is 2.73 bits per heavy atom. The highest BCUT2D eigenvalue weighted by Gasteiger charge is 2.43. The Hall–Kier alpha value is -2.39. The molecule has 1 aliphatic rings. The first-order valence-electron chi connectivity index (χ1n) is 7.17. The molecule has 12 heteroatoms. The summed E-state index contributed by atoms with van der Waals surface area (Å²) in [4.78, 5) is 43.4. The highest BCUT2D eigenvalue weighted by Crippen LogP contribution is 2.43. The molecule has 3 N–H and O–H groups in total. The standard InChI is InChI=1S/C14H17N2O9P/c1-4-7-23-11-10(8(2)25-26(19,20)21)24-13(12(11)22-3)16-6-5-9(17)15-14(16)18/h5-8,12-13H,1H2,2-3H3,(H,15,17,18)(H2,19,20,21)/t8-,12?,13+/m0/s1. The quantitative estimate of drug-likeness (QED) is 0.336. The van der Waals surface area contributed by atoms with E-state index < -0.39 is 37.5 Å². The van der Waals surface area contributed by atoms with Crippen LogP contribution in [-0.2, 0) is 23.3 Å². The zero-order valence-electron chi connectivity index (χ0n) is 13.8. The summed E-state index contributed by atoms with van der Waals surface area (Å²) in [6.45, 7) is 4.66. The van der Waals surface area contributed by atoms with Crippen LogP contribution in [0.25, 0.3) is 0 Å². The van der Waals surface area contributed by atoms with Gasteiger partial charge in [-0.15, -0.1) is 0 Å². The molecule has 0 saturated carbocycles. The van der Waals surface area contributed by atoms with E-state index in [4.69, 9.17) is 24.0 Å². The molecule has 1 aromatic rings. The van der Waals surface area contributed by atoms with E-state index in [1.807, 2.05) is 0 Å². The Labute approximate surface area is 147 Å². The Morgan fingerprint density at radius 1 is 1.50 bits per heavy atom. The molecule has 0 saturated heterocycles. The number of nitrogens with zero attached hydrogens (tertiary/aromatic N) is 1. The maximum atomic E-state index is 12.0. The van der Waals surface area contributed by atoms with Gasteiger partial charge < -0.3 is 24.0 Å². The fraction of sp³-hybridized carbons (Fsp3) is 0.357. The zero-order valence-corrected chi connectivity index (χ0v) is 14.7. The fourth-order valence-corrected chi connectivity index (χ4v) is 2.86. The largest absolute Gasteiger partial charge is 0.470 e. The summed E-state index contributed by atoms with van der Waals surface area (Å²) in [7, 11) is -3.51. The van der Waals surface area contributed by atoms with E-state index in [-0.39, 0.29) is 11.5 Å². The Kier molecular flexibility index (Phi) is 6.04. The number of aromatic amines is 1. The van der Waals surface area contributed by atoms with Crippen LogP contribution in [-0.4, -0.2) is 38.7 Å². The van der Waals surface area contributed by atoms with Crippen molar-refractivity contribution in [2.45, 2.75) is 25.4 Å². The van der Waals surface area contributed by atoms with Gasteiger partial charge in [-0.2, -0.15) is 0 Å². The maximum absolute atomic E-state index is 12.0. The molecule has 1 unspecified atom stereocenters. The molecule has 0 amide bonds. The topological polar surface area (TPSA) is 149 Å². The highest BCUT2D eigenvalue weighted by molar-refractivity contribution is 7.46. The van der Waals surface area contributed by atoms with Gasteiger partial charge >= 0.3 is 13.5 Å². The highest BCUT2D eigenvalue weighted by atomic mass is 31.2. The molecule has 2 rings (SSSR count). The van der Waals surface area contributed by atoms with E-state index in [0.717, 1.165) is 16.9 Å². The average Bonchev–Trinajstić information content (AvgIpc) is 2.89. The van der Waals surface area contributed by atoms with Gasteiger partial charge in [0, 0.05) is 19.4 Å². The molecule has 0 spiro atoms. The van der Waals surface area contributed by atoms with Crippen molar-refractivity contribution in [1.82, 2.24) is 9.55 Å². The van der Waals surface area contributed by atoms with Crippen molar-refractivity contribution in [3.63, 3.8) is 0 Å². The summed E-state index contributed by atoms with van der Waals surface area (Å²) in [5, 5.41) is 0. The van der Waals surface area contributed by atoms with Crippen molar-refractivity contribution in [2.75, 3.05) is 7.11 Å². The molecule has 0 aromatic carbocycles. The second-order valence-corrected chi connectivity index (χ2v) is 6.28.